The third kappa shape index (κ3) is 20.6. The van der Waals surface area contributed by atoms with E-state index in [1.54, 1.807) is 0 Å². The van der Waals surface area contributed by atoms with E-state index in [-0.39, 0.29) is 13.2 Å². The van der Waals surface area contributed by atoms with Crippen molar-refractivity contribution < 1.29 is 34.0 Å². The molecule has 0 saturated heterocycles. The van der Waals surface area contributed by atoms with Crippen LogP contribution in [0, 0.1) is 0 Å². The normalized spacial score (nSPS) is 10.4. The second-order valence-corrected chi connectivity index (χ2v) is 7.39. The zero-order valence-corrected chi connectivity index (χ0v) is 20.3. The minimum Gasteiger partial charge on any atom is -0.423 e. The Bertz CT molecular complexity index is 568. The van der Waals surface area contributed by atoms with Gasteiger partial charge in [0.05, 0.1) is 52.9 Å². The van der Waals surface area contributed by atoms with Gasteiger partial charge < -0.3 is 29.2 Å². The third-order valence-electron chi connectivity index (χ3n) is 4.61. The molecule has 33 heavy (non-hydrogen) atoms. The second kappa shape index (κ2) is 24.9. The molecule has 0 spiro atoms. The van der Waals surface area contributed by atoms with Gasteiger partial charge in [-0.05, 0) is 24.5 Å². The number of aryl methyl sites for hydroxylation is 1. The molecule has 0 fully saturated rings. The van der Waals surface area contributed by atoms with Gasteiger partial charge in [-0.2, -0.15) is 0 Å². The van der Waals surface area contributed by atoms with Gasteiger partial charge in [-0.15, -0.1) is 0 Å². The molecule has 7 nitrogen and oxygen atoms in total. The van der Waals surface area contributed by atoms with Crippen molar-refractivity contribution in [3.05, 3.63) is 42.5 Å². The van der Waals surface area contributed by atoms with Gasteiger partial charge in [-0.3, -0.25) is 0 Å². The van der Waals surface area contributed by atoms with Crippen molar-refractivity contribution in [1.82, 2.24) is 0 Å². The van der Waals surface area contributed by atoms with E-state index >= 15 is 0 Å². The SMILES string of the molecule is C=CC(=O)Oc1ccccc1CCCCCCCCC.OCCOCCOCCOCCO. The molecule has 1 rings (SSSR count). The average Bonchev–Trinajstić information content (AvgIpc) is 2.84. The van der Waals surface area contributed by atoms with Crippen LogP contribution in [0.1, 0.15) is 57.4 Å². The van der Waals surface area contributed by atoms with E-state index < -0.39 is 5.97 Å². The molecule has 0 aliphatic carbocycles. The maximum absolute atomic E-state index is 11.3. The topological polar surface area (TPSA) is 94.5 Å². The van der Waals surface area contributed by atoms with Crippen molar-refractivity contribution in [2.24, 2.45) is 0 Å². The van der Waals surface area contributed by atoms with Crippen molar-refractivity contribution in [3.63, 3.8) is 0 Å². The molecule has 0 radical (unpaired) electrons. The lowest BCUT2D eigenvalue weighted by atomic mass is 10.0. The molecule has 2 N–H and O–H groups in total. The highest BCUT2D eigenvalue weighted by Crippen LogP contribution is 2.21. The van der Waals surface area contributed by atoms with Crippen molar-refractivity contribution in [3.8, 4) is 5.75 Å². The molecule has 0 saturated carbocycles. The summed E-state index contributed by atoms with van der Waals surface area (Å²) in [6.45, 7) is 8.42. The number of benzene rings is 1. The summed E-state index contributed by atoms with van der Waals surface area (Å²) >= 11 is 0. The number of esters is 1. The van der Waals surface area contributed by atoms with Crippen LogP contribution >= 0.6 is 0 Å². The molecule has 0 bridgehead atoms. The van der Waals surface area contributed by atoms with E-state index in [1.165, 1.54) is 44.6 Å². The van der Waals surface area contributed by atoms with Gasteiger partial charge in [0.25, 0.3) is 0 Å². The summed E-state index contributed by atoms with van der Waals surface area (Å²) in [7, 11) is 0. The molecule has 190 valence electrons. The fourth-order valence-corrected chi connectivity index (χ4v) is 2.90. The number of hydrogen-bond donors (Lipinski definition) is 2. The van der Waals surface area contributed by atoms with Crippen LogP contribution in [0.2, 0.25) is 0 Å². The van der Waals surface area contributed by atoms with Gasteiger partial charge in [0, 0.05) is 6.08 Å². The van der Waals surface area contributed by atoms with Crippen LogP contribution in [0.4, 0.5) is 0 Å². The Balaban J connectivity index is 0.000000684. The Morgan fingerprint density at radius 3 is 1.88 bits per heavy atom. The molecular weight excluding hydrogens is 424 g/mol. The molecule has 1 aromatic rings. The molecule has 0 amide bonds. The first-order valence-electron chi connectivity index (χ1n) is 12.1. The Morgan fingerprint density at radius 2 is 1.33 bits per heavy atom. The molecular formula is C26H44O7. The summed E-state index contributed by atoms with van der Waals surface area (Å²) in [5.41, 5.74) is 1.11. The van der Waals surface area contributed by atoms with Crippen LogP contribution in [-0.2, 0) is 25.4 Å². The predicted molar refractivity (Wildman–Crippen MR) is 131 cm³/mol. The predicted octanol–water partition coefficient (Wildman–Crippen LogP) is 4.09. The lowest BCUT2D eigenvalue weighted by Crippen LogP contribution is -2.11. The second-order valence-electron chi connectivity index (χ2n) is 7.39. The van der Waals surface area contributed by atoms with E-state index in [4.69, 9.17) is 29.2 Å². The number of rotatable bonds is 20. The van der Waals surface area contributed by atoms with Crippen LogP contribution in [0.15, 0.2) is 36.9 Å². The van der Waals surface area contributed by atoms with E-state index in [9.17, 15) is 4.79 Å². The van der Waals surface area contributed by atoms with Crippen LogP contribution in [0.5, 0.6) is 5.75 Å². The van der Waals surface area contributed by atoms with Gasteiger partial charge in [0.2, 0.25) is 0 Å². The van der Waals surface area contributed by atoms with Crippen molar-refractivity contribution in [2.75, 3.05) is 52.9 Å². The molecule has 0 aromatic heterocycles. The number of hydrogen-bond acceptors (Lipinski definition) is 7. The van der Waals surface area contributed by atoms with Crippen molar-refractivity contribution in [2.45, 2.75) is 58.3 Å². The number of carbonyl (C=O) groups excluding carboxylic acids is 1. The number of ether oxygens (including phenoxy) is 4. The minimum atomic E-state index is -0.392. The number of carbonyl (C=O) groups is 1. The van der Waals surface area contributed by atoms with E-state index in [1.807, 2.05) is 24.3 Å². The van der Waals surface area contributed by atoms with Crippen LogP contribution in [0.3, 0.4) is 0 Å². The first-order chi connectivity index (χ1) is 16.2. The van der Waals surface area contributed by atoms with Gasteiger partial charge in [0.15, 0.2) is 0 Å². The fourth-order valence-electron chi connectivity index (χ4n) is 2.90. The minimum absolute atomic E-state index is 0.0413. The van der Waals surface area contributed by atoms with E-state index in [0.29, 0.717) is 45.4 Å². The summed E-state index contributed by atoms with van der Waals surface area (Å²) in [4.78, 5) is 11.3. The molecule has 0 aliphatic heterocycles. The maximum atomic E-state index is 11.3. The largest absolute Gasteiger partial charge is 0.423 e. The summed E-state index contributed by atoms with van der Waals surface area (Å²) in [5, 5.41) is 16.7. The van der Waals surface area contributed by atoms with Crippen LogP contribution < -0.4 is 4.74 Å². The summed E-state index contributed by atoms with van der Waals surface area (Å²) < 4.78 is 20.3. The molecule has 7 heteroatoms. The zero-order valence-electron chi connectivity index (χ0n) is 20.3. The van der Waals surface area contributed by atoms with Gasteiger partial charge in [0.1, 0.15) is 5.75 Å². The highest BCUT2D eigenvalue weighted by Gasteiger charge is 2.05. The van der Waals surface area contributed by atoms with Gasteiger partial charge in [-0.1, -0.05) is 70.2 Å². The smallest absolute Gasteiger partial charge is 0.335 e. The number of aliphatic hydroxyl groups excluding tert-OH is 2. The highest BCUT2D eigenvalue weighted by molar-refractivity contribution is 5.83. The summed E-state index contributed by atoms with van der Waals surface area (Å²) in [6, 6.07) is 7.75. The van der Waals surface area contributed by atoms with Gasteiger partial charge >= 0.3 is 5.97 Å². The molecule has 0 aliphatic rings. The molecule has 1 aromatic carbocycles. The zero-order chi connectivity index (χ0) is 24.4. The maximum Gasteiger partial charge on any atom is 0.335 e. The highest BCUT2D eigenvalue weighted by atomic mass is 16.5. The molecule has 0 unspecified atom stereocenters. The van der Waals surface area contributed by atoms with E-state index in [0.717, 1.165) is 18.4 Å². The summed E-state index contributed by atoms with van der Waals surface area (Å²) in [5.74, 6) is 0.278. The summed E-state index contributed by atoms with van der Waals surface area (Å²) in [6.07, 6.45) is 11.2. The average molecular weight is 469 g/mol. The lowest BCUT2D eigenvalue weighted by Gasteiger charge is -2.08. The fraction of sp³-hybridized carbons (Fsp3) is 0.654. The van der Waals surface area contributed by atoms with Crippen molar-refractivity contribution >= 4 is 5.97 Å². The number of para-hydroxylation sites is 1. The quantitative estimate of drug-likeness (QED) is 0.129. The first kappa shape index (κ1) is 31.2. The monoisotopic (exact) mass is 468 g/mol. The van der Waals surface area contributed by atoms with E-state index in [2.05, 4.69) is 13.5 Å². The Kier molecular flexibility index (Phi) is 23.5. The number of aliphatic hydroxyl groups is 2. The lowest BCUT2D eigenvalue weighted by molar-refractivity contribution is -0.129. The third-order valence-corrected chi connectivity index (χ3v) is 4.61. The van der Waals surface area contributed by atoms with Crippen molar-refractivity contribution in [1.29, 1.82) is 0 Å². The molecule has 0 atom stereocenters. The Labute approximate surface area is 199 Å². The molecule has 0 heterocycles. The Hall–Kier alpha value is -1.77. The standard InChI is InChI=1S/C18H26O2.C8H18O5/c1-3-5-6-7-8-9-10-13-16-14-11-12-15-17(16)20-18(19)4-2;9-1-3-11-5-7-13-8-6-12-4-2-10/h4,11-12,14-15H,2-3,5-10,13H2,1H3;9-10H,1-8H2. The number of unbranched alkanes of at least 4 members (excludes halogenated alkanes) is 6. The first-order valence-corrected chi connectivity index (χ1v) is 12.1. The Morgan fingerprint density at radius 1 is 0.818 bits per heavy atom. The van der Waals surface area contributed by atoms with Crippen LogP contribution in [0.25, 0.3) is 0 Å². The van der Waals surface area contributed by atoms with Crippen LogP contribution in [-0.4, -0.2) is 69.0 Å². The van der Waals surface area contributed by atoms with Gasteiger partial charge in [-0.25, -0.2) is 4.79 Å².